The van der Waals surface area contributed by atoms with E-state index < -0.39 is 0 Å². The van der Waals surface area contributed by atoms with E-state index in [0.29, 0.717) is 23.4 Å². The molecule has 3 nitrogen and oxygen atoms in total. The third kappa shape index (κ3) is 2.78. The van der Waals surface area contributed by atoms with E-state index in [1.807, 2.05) is 54.6 Å². The molecule has 3 aromatic rings. The highest BCUT2D eigenvalue weighted by molar-refractivity contribution is 6.30. The largest absolute Gasteiger partial charge is 0.396 e. The van der Waals surface area contributed by atoms with Crippen molar-refractivity contribution in [2.75, 3.05) is 6.61 Å². The van der Waals surface area contributed by atoms with Crippen molar-refractivity contribution in [2.45, 2.75) is 13.0 Å². The molecule has 1 aromatic heterocycles. The van der Waals surface area contributed by atoms with E-state index in [2.05, 4.69) is 0 Å². The summed E-state index contributed by atoms with van der Waals surface area (Å²) in [7, 11) is 0. The van der Waals surface area contributed by atoms with Crippen molar-refractivity contribution in [1.29, 1.82) is 0 Å². The van der Waals surface area contributed by atoms with Gasteiger partial charge in [-0.15, -0.1) is 0 Å². The van der Waals surface area contributed by atoms with E-state index in [9.17, 15) is 4.79 Å². The zero-order valence-electron chi connectivity index (χ0n) is 12.0. The molecule has 3 rings (SSSR count). The van der Waals surface area contributed by atoms with Crippen LogP contribution in [0.4, 0.5) is 0 Å². The van der Waals surface area contributed by atoms with Crippen LogP contribution in [0.5, 0.6) is 0 Å². The SMILES string of the molecule is O=c1c2ccccc2cc(-c2ccc(Cl)cc2)n1CCCO. The smallest absolute Gasteiger partial charge is 0.258 e. The predicted octanol–water partition coefficient (Wildman–Crippen LogP) is 3.70. The van der Waals surface area contributed by atoms with Gasteiger partial charge in [0.2, 0.25) is 0 Å². The highest BCUT2D eigenvalue weighted by Gasteiger charge is 2.10. The van der Waals surface area contributed by atoms with Gasteiger partial charge in [-0.25, -0.2) is 0 Å². The number of benzene rings is 2. The van der Waals surface area contributed by atoms with Crippen LogP contribution in [0.1, 0.15) is 6.42 Å². The van der Waals surface area contributed by atoms with Gasteiger partial charge in [0.15, 0.2) is 0 Å². The molecule has 4 heteroatoms. The highest BCUT2D eigenvalue weighted by atomic mass is 35.5. The van der Waals surface area contributed by atoms with E-state index in [-0.39, 0.29) is 12.2 Å². The first-order chi connectivity index (χ1) is 10.7. The fraction of sp³-hybridized carbons (Fsp3) is 0.167. The van der Waals surface area contributed by atoms with Crippen LogP contribution in [-0.4, -0.2) is 16.3 Å². The summed E-state index contributed by atoms with van der Waals surface area (Å²) in [4.78, 5) is 12.8. The minimum atomic E-state index is -0.0310. The minimum Gasteiger partial charge on any atom is -0.396 e. The Morgan fingerprint density at radius 1 is 1.05 bits per heavy atom. The van der Waals surface area contributed by atoms with Gasteiger partial charge in [0.1, 0.15) is 0 Å². The molecule has 0 saturated heterocycles. The second kappa shape index (κ2) is 6.34. The second-order valence-electron chi connectivity index (χ2n) is 5.16. The first-order valence-electron chi connectivity index (χ1n) is 7.20. The lowest BCUT2D eigenvalue weighted by atomic mass is 10.1. The summed E-state index contributed by atoms with van der Waals surface area (Å²) in [6.45, 7) is 0.539. The molecular formula is C18H16ClNO2. The molecule has 0 aliphatic heterocycles. The lowest BCUT2D eigenvalue weighted by molar-refractivity contribution is 0.279. The third-order valence-corrected chi connectivity index (χ3v) is 3.95. The van der Waals surface area contributed by atoms with Crippen LogP contribution in [0, 0.1) is 0 Å². The number of hydrogen-bond donors (Lipinski definition) is 1. The zero-order valence-corrected chi connectivity index (χ0v) is 12.8. The molecule has 0 bridgehead atoms. The summed E-state index contributed by atoms with van der Waals surface area (Å²) >= 11 is 5.95. The third-order valence-electron chi connectivity index (χ3n) is 3.70. The number of pyridine rings is 1. The van der Waals surface area contributed by atoms with Crippen molar-refractivity contribution in [2.24, 2.45) is 0 Å². The fourth-order valence-electron chi connectivity index (χ4n) is 2.61. The van der Waals surface area contributed by atoms with Crippen molar-refractivity contribution in [1.82, 2.24) is 4.57 Å². The van der Waals surface area contributed by atoms with E-state index in [0.717, 1.165) is 16.6 Å². The first kappa shape index (κ1) is 14.8. The van der Waals surface area contributed by atoms with Gasteiger partial charge in [0.05, 0.1) is 5.69 Å². The predicted molar refractivity (Wildman–Crippen MR) is 90.4 cm³/mol. The zero-order chi connectivity index (χ0) is 15.5. The molecule has 0 radical (unpaired) electrons. The van der Waals surface area contributed by atoms with Gasteiger partial charge in [0.25, 0.3) is 5.56 Å². The van der Waals surface area contributed by atoms with E-state index in [1.165, 1.54) is 0 Å². The van der Waals surface area contributed by atoms with Gasteiger partial charge in [-0.3, -0.25) is 4.79 Å². The van der Waals surface area contributed by atoms with Crippen LogP contribution in [0.15, 0.2) is 59.4 Å². The number of halogens is 1. The molecule has 0 spiro atoms. The van der Waals surface area contributed by atoms with Gasteiger partial charge < -0.3 is 9.67 Å². The Morgan fingerprint density at radius 2 is 1.77 bits per heavy atom. The molecule has 0 saturated carbocycles. The molecule has 0 unspecified atom stereocenters. The average Bonchev–Trinajstić information content (AvgIpc) is 2.55. The number of aliphatic hydroxyl groups excluding tert-OH is 1. The second-order valence-corrected chi connectivity index (χ2v) is 5.59. The first-order valence-corrected chi connectivity index (χ1v) is 7.58. The van der Waals surface area contributed by atoms with Crippen LogP contribution in [0.2, 0.25) is 5.02 Å². The van der Waals surface area contributed by atoms with Crippen molar-refractivity contribution < 1.29 is 5.11 Å². The number of aliphatic hydroxyl groups is 1. The summed E-state index contributed by atoms with van der Waals surface area (Å²) in [5, 5.41) is 11.4. The molecule has 1 N–H and O–H groups in total. The number of fused-ring (bicyclic) bond motifs is 1. The Morgan fingerprint density at radius 3 is 2.50 bits per heavy atom. The maximum Gasteiger partial charge on any atom is 0.258 e. The number of nitrogens with zero attached hydrogens (tertiary/aromatic N) is 1. The van der Waals surface area contributed by atoms with Crippen molar-refractivity contribution in [3.63, 3.8) is 0 Å². The standard InChI is InChI=1S/C18H16ClNO2/c19-15-8-6-13(7-9-15)17-12-14-4-1-2-5-16(14)18(22)20(17)10-3-11-21/h1-2,4-9,12,21H,3,10-11H2. The normalized spacial score (nSPS) is 11.0. The molecule has 0 fully saturated rings. The van der Waals surface area contributed by atoms with E-state index in [1.54, 1.807) is 4.57 Å². The summed E-state index contributed by atoms with van der Waals surface area (Å²) in [5.74, 6) is 0. The van der Waals surface area contributed by atoms with Gasteiger partial charge in [0, 0.05) is 23.6 Å². The highest BCUT2D eigenvalue weighted by Crippen LogP contribution is 2.24. The average molecular weight is 314 g/mol. The monoisotopic (exact) mass is 313 g/mol. The molecule has 0 aliphatic rings. The van der Waals surface area contributed by atoms with Gasteiger partial charge in [-0.1, -0.05) is 41.9 Å². The van der Waals surface area contributed by atoms with Crippen molar-refractivity contribution in [3.05, 3.63) is 70.0 Å². The summed E-state index contributed by atoms with van der Waals surface area (Å²) in [6, 6.07) is 17.0. The van der Waals surface area contributed by atoms with E-state index >= 15 is 0 Å². The molecular weight excluding hydrogens is 298 g/mol. The Balaban J connectivity index is 2.26. The van der Waals surface area contributed by atoms with Gasteiger partial charge >= 0.3 is 0 Å². The number of hydrogen-bond acceptors (Lipinski definition) is 2. The molecule has 0 aliphatic carbocycles. The Kier molecular flexibility index (Phi) is 4.27. The lowest BCUT2D eigenvalue weighted by Crippen LogP contribution is -2.22. The molecule has 112 valence electrons. The van der Waals surface area contributed by atoms with Crippen LogP contribution in [0.25, 0.3) is 22.0 Å². The van der Waals surface area contributed by atoms with Crippen molar-refractivity contribution in [3.8, 4) is 11.3 Å². The fourth-order valence-corrected chi connectivity index (χ4v) is 2.73. The maximum atomic E-state index is 12.8. The summed E-state index contributed by atoms with van der Waals surface area (Å²) in [5.41, 5.74) is 1.75. The van der Waals surface area contributed by atoms with Crippen LogP contribution in [0.3, 0.4) is 0 Å². The Hall–Kier alpha value is -2.10. The van der Waals surface area contributed by atoms with Crippen molar-refractivity contribution >= 4 is 22.4 Å². The molecule has 2 aromatic carbocycles. The quantitative estimate of drug-likeness (QED) is 0.798. The van der Waals surface area contributed by atoms with Gasteiger partial charge in [-0.05, 0) is 41.6 Å². The lowest BCUT2D eigenvalue weighted by Gasteiger charge is -2.14. The minimum absolute atomic E-state index is 0.0310. The Labute approximate surface area is 133 Å². The van der Waals surface area contributed by atoms with Gasteiger partial charge in [-0.2, -0.15) is 0 Å². The maximum absolute atomic E-state index is 12.8. The van der Waals surface area contributed by atoms with Crippen LogP contribution in [-0.2, 0) is 6.54 Å². The van der Waals surface area contributed by atoms with Crippen LogP contribution >= 0.6 is 11.6 Å². The molecule has 0 atom stereocenters. The molecule has 22 heavy (non-hydrogen) atoms. The number of aromatic nitrogens is 1. The summed E-state index contributed by atoms with van der Waals surface area (Å²) < 4.78 is 1.72. The number of rotatable bonds is 4. The topological polar surface area (TPSA) is 42.2 Å². The van der Waals surface area contributed by atoms with Crippen LogP contribution < -0.4 is 5.56 Å². The van der Waals surface area contributed by atoms with E-state index in [4.69, 9.17) is 16.7 Å². The molecule has 1 heterocycles. The molecule has 0 amide bonds. The summed E-state index contributed by atoms with van der Waals surface area (Å²) in [6.07, 6.45) is 0.541. The Bertz CT molecular complexity index is 853.